The van der Waals surface area contributed by atoms with Gasteiger partial charge in [0.05, 0.1) is 12.3 Å². The fourth-order valence-corrected chi connectivity index (χ4v) is 4.31. The van der Waals surface area contributed by atoms with Crippen molar-refractivity contribution in [2.75, 3.05) is 13.1 Å². The lowest BCUT2D eigenvalue weighted by molar-refractivity contribution is -0.134. The summed E-state index contributed by atoms with van der Waals surface area (Å²) >= 11 is 6.08. The van der Waals surface area contributed by atoms with E-state index in [4.69, 9.17) is 16.0 Å². The predicted molar refractivity (Wildman–Crippen MR) is 112 cm³/mol. The third kappa shape index (κ3) is 3.52. The molecule has 3 heterocycles. The molecule has 1 aliphatic carbocycles. The first kappa shape index (κ1) is 19.0. The van der Waals surface area contributed by atoms with E-state index in [1.54, 1.807) is 17.0 Å². The van der Waals surface area contributed by atoms with Gasteiger partial charge >= 0.3 is 0 Å². The fraction of sp³-hybridized carbons (Fsp3) is 0.304. The molecule has 154 valence electrons. The van der Waals surface area contributed by atoms with Crippen LogP contribution in [0.1, 0.15) is 40.7 Å². The molecule has 5 rings (SSSR count). The van der Waals surface area contributed by atoms with E-state index in [1.165, 1.54) is 6.26 Å². The minimum atomic E-state index is -0.223. The summed E-state index contributed by atoms with van der Waals surface area (Å²) in [6.45, 7) is 1.37. The number of rotatable bonds is 5. The van der Waals surface area contributed by atoms with Gasteiger partial charge in [0, 0.05) is 36.0 Å². The van der Waals surface area contributed by atoms with Crippen LogP contribution in [0.5, 0.6) is 0 Å². The van der Waals surface area contributed by atoms with E-state index in [9.17, 15) is 9.59 Å². The van der Waals surface area contributed by atoms with Gasteiger partial charge in [-0.15, -0.1) is 0 Å². The molecule has 1 aliphatic heterocycles. The summed E-state index contributed by atoms with van der Waals surface area (Å²) in [5.74, 6) is -0.00930. The Kier molecular flexibility index (Phi) is 4.87. The van der Waals surface area contributed by atoms with Gasteiger partial charge in [-0.05, 0) is 54.8 Å². The molecule has 1 saturated carbocycles. The molecule has 1 fully saturated rings. The van der Waals surface area contributed by atoms with Gasteiger partial charge in [0.2, 0.25) is 5.91 Å². The van der Waals surface area contributed by atoms with Crippen LogP contribution in [0.2, 0.25) is 5.02 Å². The molecule has 0 radical (unpaired) electrons. The van der Waals surface area contributed by atoms with Gasteiger partial charge in [0.15, 0.2) is 5.76 Å². The highest BCUT2D eigenvalue weighted by molar-refractivity contribution is 6.30. The molecule has 30 heavy (non-hydrogen) atoms. The summed E-state index contributed by atoms with van der Waals surface area (Å²) in [5.41, 5.74) is 2.06. The van der Waals surface area contributed by atoms with Crippen molar-refractivity contribution in [3.05, 3.63) is 83.0 Å². The van der Waals surface area contributed by atoms with Crippen LogP contribution in [0.3, 0.4) is 0 Å². The Bertz CT molecular complexity index is 1050. The zero-order valence-corrected chi connectivity index (χ0v) is 17.2. The lowest BCUT2D eigenvalue weighted by Crippen LogP contribution is -2.48. The van der Waals surface area contributed by atoms with E-state index < -0.39 is 0 Å². The van der Waals surface area contributed by atoms with Crippen molar-refractivity contribution >= 4 is 23.4 Å². The number of carbonyl (C=O) groups is 2. The second-order valence-corrected chi connectivity index (χ2v) is 8.25. The van der Waals surface area contributed by atoms with Gasteiger partial charge in [-0.3, -0.25) is 9.59 Å². The number of amides is 2. The first-order valence-electron chi connectivity index (χ1n) is 10.2. The van der Waals surface area contributed by atoms with Gasteiger partial charge in [0.25, 0.3) is 5.91 Å². The fourth-order valence-electron chi connectivity index (χ4n) is 4.18. The minimum absolute atomic E-state index is 0.0506. The molecule has 7 heteroatoms. The normalized spacial score (nSPS) is 18.2. The Balaban J connectivity index is 1.43. The Morgan fingerprint density at radius 2 is 1.87 bits per heavy atom. The quantitative estimate of drug-likeness (QED) is 0.623. The standard InChI is InChI=1S/C23H22ClN3O3/c24-17-7-5-16(6-8-17)22-19-3-1-11-25(19)12-13-26(22)21(28)15-27(18-9-10-18)23(29)20-4-2-14-30-20/h1-8,11,14,18,22H,9-10,12-13,15H2. The molecule has 2 amide bonds. The molecule has 2 aromatic heterocycles. The smallest absolute Gasteiger partial charge is 0.290 e. The molecule has 0 saturated heterocycles. The predicted octanol–water partition coefficient (Wildman–Crippen LogP) is 3.97. The van der Waals surface area contributed by atoms with Crippen molar-refractivity contribution in [2.24, 2.45) is 0 Å². The van der Waals surface area contributed by atoms with Crippen LogP contribution in [0.4, 0.5) is 0 Å². The molecule has 2 aliphatic rings. The van der Waals surface area contributed by atoms with Crippen molar-refractivity contribution in [3.63, 3.8) is 0 Å². The second-order valence-electron chi connectivity index (χ2n) is 7.81. The third-order valence-electron chi connectivity index (χ3n) is 5.83. The monoisotopic (exact) mass is 423 g/mol. The molecule has 6 nitrogen and oxygen atoms in total. The van der Waals surface area contributed by atoms with E-state index >= 15 is 0 Å². The molecule has 3 aromatic rings. The number of halogens is 1. The molecule has 1 atom stereocenters. The molecule has 0 spiro atoms. The van der Waals surface area contributed by atoms with E-state index in [-0.39, 0.29) is 36.2 Å². The second kappa shape index (κ2) is 7.69. The van der Waals surface area contributed by atoms with Gasteiger partial charge in [0.1, 0.15) is 6.54 Å². The molecular formula is C23H22ClN3O3. The summed E-state index contributed by atoms with van der Waals surface area (Å²) in [6, 6.07) is 14.9. The van der Waals surface area contributed by atoms with Crippen molar-refractivity contribution in [2.45, 2.75) is 31.5 Å². The maximum absolute atomic E-state index is 13.5. The van der Waals surface area contributed by atoms with Crippen LogP contribution >= 0.6 is 11.6 Å². The maximum atomic E-state index is 13.5. The number of carbonyl (C=O) groups excluding carboxylic acids is 2. The summed E-state index contributed by atoms with van der Waals surface area (Å²) in [4.78, 5) is 29.9. The summed E-state index contributed by atoms with van der Waals surface area (Å²) in [7, 11) is 0. The first-order valence-corrected chi connectivity index (χ1v) is 10.5. The number of aromatic nitrogens is 1. The zero-order valence-electron chi connectivity index (χ0n) is 16.4. The Hall–Kier alpha value is -2.99. The SMILES string of the molecule is O=C(c1ccco1)N(CC(=O)N1CCn2cccc2C1c1ccc(Cl)cc1)C1CC1. The van der Waals surface area contributed by atoms with Crippen molar-refractivity contribution in [1.82, 2.24) is 14.4 Å². The molecule has 0 N–H and O–H groups in total. The van der Waals surface area contributed by atoms with E-state index in [0.717, 1.165) is 30.6 Å². The Morgan fingerprint density at radius 1 is 1.07 bits per heavy atom. The highest BCUT2D eigenvalue weighted by Gasteiger charge is 2.38. The Morgan fingerprint density at radius 3 is 2.57 bits per heavy atom. The van der Waals surface area contributed by atoms with Gasteiger partial charge < -0.3 is 18.8 Å². The maximum Gasteiger partial charge on any atom is 0.290 e. The highest BCUT2D eigenvalue weighted by atomic mass is 35.5. The average molecular weight is 424 g/mol. The van der Waals surface area contributed by atoms with Crippen molar-refractivity contribution < 1.29 is 14.0 Å². The summed E-state index contributed by atoms with van der Waals surface area (Å²) in [6.07, 6.45) is 5.36. The minimum Gasteiger partial charge on any atom is -0.459 e. The first-order chi connectivity index (χ1) is 14.6. The van der Waals surface area contributed by atoms with Crippen LogP contribution in [0.25, 0.3) is 0 Å². The largest absolute Gasteiger partial charge is 0.459 e. The number of fused-ring (bicyclic) bond motifs is 1. The highest BCUT2D eigenvalue weighted by Crippen LogP contribution is 2.34. The van der Waals surface area contributed by atoms with Crippen LogP contribution in [0, 0.1) is 0 Å². The Labute approximate surface area is 179 Å². The van der Waals surface area contributed by atoms with E-state index in [2.05, 4.69) is 4.57 Å². The molecule has 1 unspecified atom stereocenters. The zero-order chi connectivity index (χ0) is 20.7. The average Bonchev–Trinajstić information content (AvgIpc) is 3.24. The van der Waals surface area contributed by atoms with Gasteiger partial charge in [-0.25, -0.2) is 0 Å². The summed E-state index contributed by atoms with van der Waals surface area (Å²) in [5, 5.41) is 0.659. The van der Waals surface area contributed by atoms with E-state index in [1.807, 2.05) is 47.5 Å². The van der Waals surface area contributed by atoms with E-state index in [0.29, 0.717) is 11.6 Å². The number of hydrogen-bond donors (Lipinski definition) is 0. The molecular weight excluding hydrogens is 402 g/mol. The number of furan rings is 1. The number of benzene rings is 1. The van der Waals surface area contributed by atoms with Crippen LogP contribution in [-0.4, -0.2) is 45.3 Å². The van der Waals surface area contributed by atoms with Crippen molar-refractivity contribution in [1.29, 1.82) is 0 Å². The third-order valence-corrected chi connectivity index (χ3v) is 6.08. The van der Waals surface area contributed by atoms with Crippen LogP contribution in [-0.2, 0) is 11.3 Å². The lowest BCUT2D eigenvalue weighted by atomic mass is 10.00. The van der Waals surface area contributed by atoms with Crippen molar-refractivity contribution in [3.8, 4) is 0 Å². The van der Waals surface area contributed by atoms with Crippen LogP contribution in [0.15, 0.2) is 65.4 Å². The lowest BCUT2D eigenvalue weighted by Gasteiger charge is -2.38. The molecule has 1 aromatic carbocycles. The number of hydrogen-bond acceptors (Lipinski definition) is 3. The number of nitrogens with zero attached hydrogens (tertiary/aromatic N) is 3. The van der Waals surface area contributed by atoms with Gasteiger partial charge in [-0.1, -0.05) is 23.7 Å². The molecule has 0 bridgehead atoms. The topological polar surface area (TPSA) is 58.7 Å². The summed E-state index contributed by atoms with van der Waals surface area (Å²) < 4.78 is 7.46. The van der Waals surface area contributed by atoms with Gasteiger partial charge in [-0.2, -0.15) is 0 Å². The van der Waals surface area contributed by atoms with Crippen LogP contribution < -0.4 is 0 Å².